The fraction of sp³-hybridized carbons (Fsp3) is 0.462. The van der Waals surface area contributed by atoms with E-state index in [0.29, 0.717) is 12.2 Å². The number of primary sulfonamides is 1. The van der Waals surface area contributed by atoms with Crippen LogP contribution in [0.4, 0.5) is 5.69 Å². The molecule has 1 atom stereocenters. The molecule has 21 heavy (non-hydrogen) atoms. The predicted octanol–water partition coefficient (Wildman–Crippen LogP) is 0.853. The third kappa shape index (κ3) is 5.33. The third-order valence-electron chi connectivity index (χ3n) is 3.05. The van der Waals surface area contributed by atoms with E-state index < -0.39 is 16.0 Å². The van der Waals surface area contributed by atoms with Gasteiger partial charge in [0.05, 0.1) is 10.5 Å². The number of benzene rings is 1. The molecule has 7 nitrogen and oxygen atoms in total. The van der Waals surface area contributed by atoms with Gasteiger partial charge in [0.15, 0.2) is 0 Å². The highest BCUT2D eigenvalue weighted by molar-refractivity contribution is 7.89. The Morgan fingerprint density at radius 1 is 1.43 bits per heavy atom. The number of hydrogen-bond acceptors (Lipinski definition) is 5. The van der Waals surface area contributed by atoms with Crippen LogP contribution in [-0.2, 0) is 10.0 Å². The summed E-state index contributed by atoms with van der Waals surface area (Å²) in [6, 6.07) is 3.69. The first kappa shape index (κ1) is 17.4. The second-order valence-corrected chi connectivity index (χ2v) is 6.48. The Morgan fingerprint density at radius 3 is 2.62 bits per heavy atom. The monoisotopic (exact) mass is 316 g/mol. The quantitative estimate of drug-likeness (QED) is 0.526. The predicted molar refractivity (Wildman–Crippen MR) is 78.7 cm³/mol. The van der Waals surface area contributed by atoms with Crippen LogP contribution in [0.2, 0.25) is 0 Å². The molecule has 0 aliphatic heterocycles. The molecule has 1 aromatic rings. The summed E-state index contributed by atoms with van der Waals surface area (Å²) in [6.45, 7) is 2.56. The number of carbonyl (C=O) groups is 1. The van der Waals surface area contributed by atoms with Gasteiger partial charge < -0.3 is 15.5 Å². The molecule has 0 aliphatic carbocycles. The minimum atomic E-state index is -3.93. The number of nitrogens with two attached hydrogens (primary N) is 1. The van der Waals surface area contributed by atoms with Gasteiger partial charge in [-0.1, -0.05) is 6.92 Å². The van der Waals surface area contributed by atoms with Gasteiger partial charge in [0.1, 0.15) is 0 Å². The zero-order valence-corrected chi connectivity index (χ0v) is 12.6. The number of aliphatic hydroxyl groups excluding tert-OH is 1. The highest BCUT2D eigenvalue weighted by Gasteiger charge is 2.15. The highest BCUT2D eigenvalue weighted by atomic mass is 32.2. The Kier molecular flexibility index (Phi) is 6.13. The zero-order chi connectivity index (χ0) is 16.0. The van der Waals surface area contributed by atoms with Crippen molar-refractivity contribution in [2.75, 3.05) is 18.5 Å². The van der Waals surface area contributed by atoms with Gasteiger partial charge in [0, 0.05) is 18.8 Å². The average Bonchev–Trinajstić information content (AvgIpc) is 2.41. The lowest BCUT2D eigenvalue weighted by molar-refractivity contribution is 0.0697. The van der Waals surface area contributed by atoms with Crippen LogP contribution in [0.5, 0.6) is 0 Å². The lowest BCUT2D eigenvalue weighted by Crippen LogP contribution is -2.15. The Labute approximate surface area is 123 Å². The largest absolute Gasteiger partial charge is 0.478 e. The highest BCUT2D eigenvalue weighted by Crippen LogP contribution is 2.20. The molecule has 8 heteroatoms. The van der Waals surface area contributed by atoms with Crippen LogP contribution in [0.1, 0.15) is 30.1 Å². The molecule has 0 aliphatic rings. The number of hydrogen-bond donors (Lipinski definition) is 4. The molecule has 0 heterocycles. The van der Waals surface area contributed by atoms with E-state index in [4.69, 9.17) is 15.4 Å². The number of rotatable bonds is 8. The Balaban J connectivity index is 2.81. The van der Waals surface area contributed by atoms with E-state index in [9.17, 15) is 13.2 Å². The van der Waals surface area contributed by atoms with Crippen LogP contribution in [0.25, 0.3) is 0 Å². The summed E-state index contributed by atoms with van der Waals surface area (Å²) in [5.41, 5.74) is 0.197. The molecule has 118 valence electrons. The fourth-order valence-electron chi connectivity index (χ4n) is 1.80. The van der Waals surface area contributed by atoms with Crippen molar-refractivity contribution in [1.29, 1.82) is 0 Å². The van der Waals surface area contributed by atoms with E-state index in [0.717, 1.165) is 18.9 Å². The molecule has 0 saturated carbocycles. The SMILES string of the molecule is CC(CO)CCCNc1ccc(S(N)(=O)=O)cc1C(=O)O. The molecule has 0 amide bonds. The van der Waals surface area contributed by atoms with Crippen molar-refractivity contribution in [3.05, 3.63) is 23.8 Å². The summed E-state index contributed by atoms with van der Waals surface area (Å²) in [7, 11) is -3.93. The molecule has 1 unspecified atom stereocenters. The van der Waals surface area contributed by atoms with E-state index in [1.54, 1.807) is 0 Å². The van der Waals surface area contributed by atoms with Crippen LogP contribution in [0.3, 0.4) is 0 Å². The summed E-state index contributed by atoms with van der Waals surface area (Å²) in [5.74, 6) is -1.04. The average molecular weight is 316 g/mol. The minimum absolute atomic E-state index is 0.115. The fourth-order valence-corrected chi connectivity index (χ4v) is 2.34. The first-order valence-electron chi connectivity index (χ1n) is 6.50. The van der Waals surface area contributed by atoms with E-state index >= 15 is 0 Å². The smallest absolute Gasteiger partial charge is 0.337 e. The number of sulfonamides is 1. The molecule has 0 aromatic heterocycles. The molecular weight excluding hydrogens is 296 g/mol. The topological polar surface area (TPSA) is 130 Å². The Bertz CT molecular complexity index is 601. The molecule has 0 bridgehead atoms. The summed E-state index contributed by atoms with van der Waals surface area (Å²) in [6.07, 6.45) is 1.57. The van der Waals surface area contributed by atoms with Crippen molar-refractivity contribution in [2.45, 2.75) is 24.7 Å². The van der Waals surface area contributed by atoms with Crippen LogP contribution < -0.4 is 10.5 Å². The summed E-state index contributed by atoms with van der Waals surface area (Å²) in [5, 5.41) is 26.0. The number of aromatic carboxylic acids is 1. The standard InChI is InChI=1S/C13H20N2O5S/c1-9(8-16)3-2-6-15-12-5-4-10(21(14,19)20)7-11(12)13(17)18/h4-5,7,9,15-16H,2-3,6,8H2,1H3,(H,17,18)(H2,14,19,20). The van der Waals surface area contributed by atoms with Gasteiger partial charge in [0.25, 0.3) is 0 Å². The third-order valence-corrected chi connectivity index (χ3v) is 3.96. The van der Waals surface area contributed by atoms with E-state index in [2.05, 4.69) is 5.32 Å². The molecule has 0 spiro atoms. The second-order valence-electron chi connectivity index (χ2n) is 4.91. The molecular formula is C13H20N2O5S. The second kappa shape index (κ2) is 7.39. The van der Waals surface area contributed by atoms with Crippen molar-refractivity contribution in [1.82, 2.24) is 0 Å². The molecule has 0 radical (unpaired) electrons. The van der Waals surface area contributed by atoms with E-state index in [-0.39, 0.29) is 23.0 Å². The number of carboxylic acid groups (broad SMARTS) is 1. The van der Waals surface area contributed by atoms with Crippen molar-refractivity contribution in [3.8, 4) is 0 Å². The van der Waals surface area contributed by atoms with Crippen molar-refractivity contribution >= 4 is 21.7 Å². The molecule has 0 saturated heterocycles. The van der Waals surface area contributed by atoms with Crippen molar-refractivity contribution < 1.29 is 23.4 Å². The molecule has 1 aromatic carbocycles. The van der Waals surface area contributed by atoms with Crippen molar-refractivity contribution in [2.24, 2.45) is 11.1 Å². The van der Waals surface area contributed by atoms with Gasteiger partial charge in [-0.25, -0.2) is 18.4 Å². The number of carboxylic acids is 1. The van der Waals surface area contributed by atoms with E-state index in [1.165, 1.54) is 12.1 Å². The van der Waals surface area contributed by atoms with Gasteiger partial charge >= 0.3 is 5.97 Å². The van der Waals surface area contributed by atoms with Crippen molar-refractivity contribution in [3.63, 3.8) is 0 Å². The first-order valence-corrected chi connectivity index (χ1v) is 8.05. The molecule has 0 fully saturated rings. The zero-order valence-electron chi connectivity index (χ0n) is 11.7. The van der Waals surface area contributed by atoms with Gasteiger partial charge in [-0.05, 0) is 37.0 Å². The van der Waals surface area contributed by atoms with Crippen LogP contribution in [0.15, 0.2) is 23.1 Å². The van der Waals surface area contributed by atoms with Crippen LogP contribution >= 0.6 is 0 Å². The summed E-state index contributed by atoms with van der Waals surface area (Å²) in [4.78, 5) is 10.9. The molecule has 5 N–H and O–H groups in total. The first-order chi connectivity index (χ1) is 9.75. The lowest BCUT2D eigenvalue weighted by Gasteiger charge is -2.12. The lowest BCUT2D eigenvalue weighted by atomic mass is 10.1. The maximum Gasteiger partial charge on any atom is 0.337 e. The molecule has 1 rings (SSSR count). The van der Waals surface area contributed by atoms with Crippen LogP contribution in [-0.4, -0.2) is 37.8 Å². The van der Waals surface area contributed by atoms with Gasteiger partial charge in [0.2, 0.25) is 10.0 Å². The van der Waals surface area contributed by atoms with Gasteiger partial charge in [-0.15, -0.1) is 0 Å². The minimum Gasteiger partial charge on any atom is -0.478 e. The van der Waals surface area contributed by atoms with E-state index in [1.807, 2.05) is 6.92 Å². The number of anilines is 1. The summed E-state index contributed by atoms with van der Waals surface area (Å²) < 4.78 is 22.5. The summed E-state index contributed by atoms with van der Waals surface area (Å²) >= 11 is 0. The Hall–Kier alpha value is -1.64. The maximum atomic E-state index is 11.2. The number of nitrogens with one attached hydrogen (secondary N) is 1. The normalized spacial score (nSPS) is 12.9. The maximum absolute atomic E-state index is 11.2. The van der Waals surface area contributed by atoms with Gasteiger partial charge in [-0.3, -0.25) is 0 Å². The Morgan fingerprint density at radius 2 is 2.10 bits per heavy atom. The number of aliphatic hydroxyl groups is 1. The van der Waals surface area contributed by atoms with Crippen LogP contribution in [0, 0.1) is 5.92 Å². The van der Waals surface area contributed by atoms with Gasteiger partial charge in [-0.2, -0.15) is 0 Å².